The number of fused-ring (bicyclic) bond motifs is 1. The van der Waals surface area contributed by atoms with Gasteiger partial charge in [-0.15, -0.1) is 0 Å². The molecule has 2 rings (SSSR count). The Kier molecular flexibility index (Phi) is 3.49. The van der Waals surface area contributed by atoms with Crippen molar-refractivity contribution in [2.75, 3.05) is 0 Å². The highest BCUT2D eigenvalue weighted by atomic mass is 16.5. The summed E-state index contributed by atoms with van der Waals surface area (Å²) in [5, 5.41) is 10.1. The molecule has 1 aromatic carbocycles. The van der Waals surface area contributed by atoms with E-state index in [0.29, 0.717) is 5.92 Å². The van der Waals surface area contributed by atoms with Crippen LogP contribution in [0.5, 0.6) is 5.75 Å². The molecule has 0 amide bonds. The summed E-state index contributed by atoms with van der Waals surface area (Å²) in [6.07, 6.45) is 2.74. The van der Waals surface area contributed by atoms with E-state index < -0.39 is 0 Å². The predicted molar refractivity (Wildman–Crippen MR) is 64.5 cm³/mol. The largest absolute Gasteiger partial charge is 0.490 e. The molecule has 0 saturated heterocycles. The van der Waals surface area contributed by atoms with Gasteiger partial charge in [0.05, 0.1) is 6.10 Å². The molecule has 0 aliphatic carbocycles. The lowest BCUT2D eigenvalue weighted by Crippen LogP contribution is -2.32. The fraction of sp³-hybridized carbons (Fsp3) is 0.571. The molecule has 0 radical (unpaired) electrons. The van der Waals surface area contributed by atoms with Crippen molar-refractivity contribution in [2.45, 2.75) is 45.3 Å². The second-order valence-electron chi connectivity index (χ2n) is 4.52. The zero-order valence-electron chi connectivity index (χ0n) is 10.0. The Hall–Kier alpha value is -1.02. The highest BCUT2D eigenvalue weighted by molar-refractivity contribution is 5.36. The molecule has 16 heavy (non-hydrogen) atoms. The summed E-state index contributed by atoms with van der Waals surface area (Å²) in [6, 6.07) is 7.81. The highest BCUT2D eigenvalue weighted by Crippen LogP contribution is 2.37. The maximum absolute atomic E-state index is 10.1. The Morgan fingerprint density at radius 1 is 1.31 bits per heavy atom. The smallest absolute Gasteiger partial charge is 0.125 e. The Labute approximate surface area is 97.3 Å². The first-order chi connectivity index (χ1) is 7.76. The lowest BCUT2D eigenvalue weighted by atomic mass is 9.88. The van der Waals surface area contributed by atoms with E-state index in [9.17, 15) is 5.11 Å². The molecule has 0 spiro atoms. The molecule has 2 unspecified atom stereocenters. The summed E-state index contributed by atoms with van der Waals surface area (Å²) in [5.74, 6) is 1.40. The number of aliphatic hydroxyl groups excluding tert-OH is 1. The van der Waals surface area contributed by atoms with Crippen molar-refractivity contribution in [1.82, 2.24) is 0 Å². The van der Waals surface area contributed by atoms with Crippen LogP contribution in [-0.4, -0.2) is 11.2 Å². The number of aliphatic hydroxyl groups is 1. The second-order valence-corrected chi connectivity index (χ2v) is 4.52. The van der Waals surface area contributed by atoms with E-state index in [1.165, 1.54) is 0 Å². The molecule has 1 aromatic rings. The maximum Gasteiger partial charge on any atom is 0.125 e. The first-order valence-corrected chi connectivity index (χ1v) is 6.19. The Bertz CT molecular complexity index is 344. The third kappa shape index (κ3) is 2.07. The third-order valence-electron chi connectivity index (χ3n) is 3.59. The van der Waals surface area contributed by atoms with Crippen LogP contribution in [0.3, 0.4) is 0 Å². The molecule has 2 atom stereocenters. The van der Waals surface area contributed by atoms with Gasteiger partial charge in [0.1, 0.15) is 11.9 Å². The van der Waals surface area contributed by atoms with E-state index in [2.05, 4.69) is 13.8 Å². The van der Waals surface area contributed by atoms with Gasteiger partial charge in [0.2, 0.25) is 0 Å². The predicted octanol–water partition coefficient (Wildman–Crippen LogP) is 3.31. The SMILES string of the molecule is CCC(CC)C1CC(O)c2ccccc2O1. The topological polar surface area (TPSA) is 29.5 Å². The van der Waals surface area contributed by atoms with Crippen molar-refractivity contribution < 1.29 is 9.84 Å². The molecule has 2 heteroatoms. The van der Waals surface area contributed by atoms with Crippen LogP contribution >= 0.6 is 0 Å². The molecule has 1 aliphatic rings. The summed E-state index contributed by atoms with van der Waals surface area (Å²) >= 11 is 0. The van der Waals surface area contributed by atoms with Gasteiger partial charge in [-0.2, -0.15) is 0 Å². The minimum atomic E-state index is -0.365. The first-order valence-electron chi connectivity index (χ1n) is 6.19. The Morgan fingerprint density at radius 3 is 2.69 bits per heavy atom. The summed E-state index contributed by atoms with van der Waals surface area (Å²) in [5.41, 5.74) is 0.935. The molecule has 88 valence electrons. The van der Waals surface area contributed by atoms with Gasteiger partial charge in [0.25, 0.3) is 0 Å². The average Bonchev–Trinajstić information content (AvgIpc) is 2.31. The van der Waals surface area contributed by atoms with Gasteiger partial charge in [-0.05, 0) is 24.8 Å². The van der Waals surface area contributed by atoms with Gasteiger partial charge in [0.15, 0.2) is 0 Å². The van der Waals surface area contributed by atoms with Crippen molar-refractivity contribution >= 4 is 0 Å². The van der Waals surface area contributed by atoms with Gasteiger partial charge in [-0.1, -0.05) is 32.0 Å². The number of hydrogen-bond acceptors (Lipinski definition) is 2. The van der Waals surface area contributed by atoms with Crippen LogP contribution in [0.2, 0.25) is 0 Å². The van der Waals surface area contributed by atoms with Gasteiger partial charge in [-0.3, -0.25) is 0 Å². The molecule has 1 N–H and O–H groups in total. The molecule has 0 bridgehead atoms. The minimum absolute atomic E-state index is 0.167. The van der Waals surface area contributed by atoms with Gasteiger partial charge in [-0.25, -0.2) is 0 Å². The lowest BCUT2D eigenvalue weighted by molar-refractivity contribution is 0.0317. The minimum Gasteiger partial charge on any atom is -0.490 e. The zero-order valence-corrected chi connectivity index (χ0v) is 10.0. The zero-order chi connectivity index (χ0) is 11.5. The third-order valence-corrected chi connectivity index (χ3v) is 3.59. The van der Waals surface area contributed by atoms with Crippen LogP contribution in [0.4, 0.5) is 0 Å². The van der Waals surface area contributed by atoms with Crippen LogP contribution in [0.1, 0.15) is 44.8 Å². The van der Waals surface area contributed by atoms with E-state index in [-0.39, 0.29) is 12.2 Å². The number of para-hydroxylation sites is 1. The van der Waals surface area contributed by atoms with Gasteiger partial charge < -0.3 is 9.84 Å². The molecule has 0 fully saturated rings. The number of ether oxygens (including phenoxy) is 1. The molecular weight excluding hydrogens is 200 g/mol. The van der Waals surface area contributed by atoms with E-state index in [1.807, 2.05) is 24.3 Å². The van der Waals surface area contributed by atoms with E-state index in [0.717, 1.165) is 30.6 Å². The molecule has 0 aromatic heterocycles. The van der Waals surface area contributed by atoms with E-state index >= 15 is 0 Å². The fourth-order valence-corrected chi connectivity index (χ4v) is 2.52. The van der Waals surface area contributed by atoms with Crippen molar-refractivity contribution in [2.24, 2.45) is 5.92 Å². The van der Waals surface area contributed by atoms with E-state index in [4.69, 9.17) is 4.74 Å². The normalized spacial score (nSPS) is 24.0. The van der Waals surface area contributed by atoms with Crippen molar-refractivity contribution in [3.05, 3.63) is 29.8 Å². The van der Waals surface area contributed by atoms with Crippen molar-refractivity contribution in [3.63, 3.8) is 0 Å². The van der Waals surface area contributed by atoms with Crippen molar-refractivity contribution in [1.29, 1.82) is 0 Å². The number of benzene rings is 1. The Morgan fingerprint density at radius 2 is 2.00 bits per heavy atom. The van der Waals surface area contributed by atoms with Crippen LogP contribution in [0, 0.1) is 5.92 Å². The number of hydrogen-bond donors (Lipinski definition) is 1. The monoisotopic (exact) mass is 220 g/mol. The standard InChI is InChI=1S/C14H20O2/c1-3-10(4-2)14-9-12(15)11-7-5-6-8-13(11)16-14/h5-8,10,12,14-15H,3-4,9H2,1-2H3. The van der Waals surface area contributed by atoms with Crippen LogP contribution in [-0.2, 0) is 0 Å². The highest BCUT2D eigenvalue weighted by Gasteiger charge is 2.30. The Balaban J connectivity index is 2.20. The molecule has 1 heterocycles. The second kappa shape index (κ2) is 4.88. The van der Waals surface area contributed by atoms with Crippen LogP contribution in [0.15, 0.2) is 24.3 Å². The summed E-state index contributed by atoms with van der Waals surface area (Å²) in [7, 11) is 0. The van der Waals surface area contributed by atoms with E-state index in [1.54, 1.807) is 0 Å². The summed E-state index contributed by atoms with van der Waals surface area (Å²) < 4.78 is 5.99. The fourth-order valence-electron chi connectivity index (χ4n) is 2.52. The molecule has 0 saturated carbocycles. The average molecular weight is 220 g/mol. The van der Waals surface area contributed by atoms with Crippen LogP contribution < -0.4 is 4.74 Å². The first kappa shape index (κ1) is 11.5. The summed E-state index contributed by atoms with van der Waals surface area (Å²) in [6.45, 7) is 4.37. The summed E-state index contributed by atoms with van der Waals surface area (Å²) in [4.78, 5) is 0. The van der Waals surface area contributed by atoms with Crippen molar-refractivity contribution in [3.8, 4) is 5.75 Å². The van der Waals surface area contributed by atoms with Gasteiger partial charge in [0, 0.05) is 12.0 Å². The van der Waals surface area contributed by atoms with Crippen LogP contribution in [0.25, 0.3) is 0 Å². The maximum atomic E-state index is 10.1. The molecule has 2 nitrogen and oxygen atoms in total. The quantitative estimate of drug-likeness (QED) is 0.846. The van der Waals surface area contributed by atoms with Gasteiger partial charge >= 0.3 is 0 Å². The molecule has 1 aliphatic heterocycles. The lowest BCUT2D eigenvalue weighted by Gasteiger charge is -2.33. The molecular formula is C14H20O2. The number of rotatable bonds is 3.